The van der Waals surface area contributed by atoms with Crippen LogP contribution >= 0.6 is 0 Å². The molecule has 0 aliphatic heterocycles. The van der Waals surface area contributed by atoms with Crippen molar-refractivity contribution in [3.8, 4) is 6.07 Å². The lowest BCUT2D eigenvalue weighted by Crippen LogP contribution is -2.30. The average molecular weight is 312 g/mol. The SMILES string of the molecule is C[C@H](OC(=O)c1cccc(F)c1)C(=O)Nc1ccc(C#N)cc1. The Morgan fingerprint density at radius 2 is 1.91 bits per heavy atom. The molecule has 23 heavy (non-hydrogen) atoms. The lowest BCUT2D eigenvalue weighted by atomic mass is 10.2. The smallest absolute Gasteiger partial charge is 0.339 e. The largest absolute Gasteiger partial charge is 0.449 e. The van der Waals surface area contributed by atoms with Gasteiger partial charge in [-0.05, 0) is 49.4 Å². The van der Waals surface area contributed by atoms with E-state index in [1.807, 2.05) is 6.07 Å². The van der Waals surface area contributed by atoms with E-state index >= 15 is 0 Å². The molecule has 0 fully saturated rings. The highest BCUT2D eigenvalue weighted by Gasteiger charge is 2.19. The van der Waals surface area contributed by atoms with Gasteiger partial charge >= 0.3 is 5.97 Å². The summed E-state index contributed by atoms with van der Waals surface area (Å²) in [5.41, 5.74) is 0.972. The van der Waals surface area contributed by atoms with E-state index in [0.717, 1.165) is 6.07 Å². The molecule has 0 heterocycles. The number of ether oxygens (including phenoxy) is 1. The Kier molecular flexibility index (Phi) is 5.05. The maximum atomic E-state index is 13.1. The van der Waals surface area contributed by atoms with E-state index in [0.29, 0.717) is 11.3 Å². The van der Waals surface area contributed by atoms with Crippen LogP contribution in [0.4, 0.5) is 10.1 Å². The molecule has 1 atom stereocenters. The van der Waals surface area contributed by atoms with Crippen molar-refractivity contribution in [3.05, 3.63) is 65.5 Å². The van der Waals surface area contributed by atoms with E-state index in [4.69, 9.17) is 10.00 Å². The fraction of sp³-hybridized carbons (Fsp3) is 0.118. The molecule has 0 aromatic heterocycles. The predicted octanol–water partition coefficient (Wildman–Crippen LogP) is 2.88. The van der Waals surface area contributed by atoms with E-state index in [-0.39, 0.29) is 5.56 Å². The van der Waals surface area contributed by atoms with Crippen LogP contribution in [0.5, 0.6) is 0 Å². The van der Waals surface area contributed by atoms with E-state index in [2.05, 4.69) is 5.32 Å². The second-order valence-corrected chi connectivity index (χ2v) is 4.74. The number of esters is 1. The molecule has 2 aromatic carbocycles. The van der Waals surface area contributed by atoms with Crippen LogP contribution in [0.2, 0.25) is 0 Å². The third kappa shape index (κ3) is 4.38. The summed E-state index contributed by atoms with van der Waals surface area (Å²) < 4.78 is 18.1. The van der Waals surface area contributed by atoms with E-state index in [1.54, 1.807) is 24.3 Å². The number of anilines is 1. The summed E-state index contributed by atoms with van der Waals surface area (Å²) in [5.74, 6) is -1.87. The number of nitriles is 1. The second-order valence-electron chi connectivity index (χ2n) is 4.74. The van der Waals surface area contributed by atoms with Crippen molar-refractivity contribution >= 4 is 17.6 Å². The van der Waals surface area contributed by atoms with Gasteiger partial charge < -0.3 is 10.1 Å². The zero-order valence-corrected chi connectivity index (χ0v) is 12.2. The number of hydrogen-bond acceptors (Lipinski definition) is 4. The number of nitrogens with one attached hydrogen (secondary N) is 1. The van der Waals surface area contributed by atoms with Crippen LogP contribution in [0.15, 0.2) is 48.5 Å². The average Bonchev–Trinajstić information content (AvgIpc) is 2.55. The predicted molar refractivity (Wildman–Crippen MR) is 81.1 cm³/mol. The van der Waals surface area contributed by atoms with Gasteiger partial charge in [0.05, 0.1) is 17.2 Å². The number of hydrogen-bond donors (Lipinski definition) is 1. The van der Waals surface area contributed by atoms with Crippen molar-refractivity contribution in [1.82, 2.24) is 0 Å². The quantitative estimate of drug-likeness (QED) is 0.880. The van der Waals surface area contributed by atoms with Gasteiger partial charge in [0.15, 0.2) is 6.10 Å². The standard InChI is InChI=1S/C17H13FN2O3/c1-11(23-17(22)13-3-2-4-14(18)9-13)16(21)20-15-7-5-12(10-19)6-8-15/h2-9,11H,1H3,(H,20,21)/t11-/m0/s1. The van der Waals surface area contributed by atoms with Crippen LogP contribution in [0.25, 0.3) is 0 Å². The molecule has 0 spiro atoms. The molecule has 0 aliphatic rings. The van der Waals surface area contributed by atoms with Crippen LogP contribution in [-0.2, 0) is 9.53 Å². The van der Waals surface area contributed by atoms with Crippen molar-refractivity contribution in [1.29, 1.82) is 5.26 Å². The molecule has 0 unspecified atom stereocenters. The van der Waals surface area contributed by atoms with Gasteiger partial charge in [0.25, 0.3) is 5.91 Å². The monoisotopic (exact) mass is 312 g/mol. The first-order chi connectivity index (χ1) is 11.0. The maximum Gasteiger partial charge on any atom is 0.339 e. The topological polar surface area (TPSA) is 79.2 Å². The lowest BCUT2D eigenvalue weighted by molar-refractivity contribution is -0.123. The van der Waals surface area contributed by atoms with Gasteiger partial charge in [0.1, 0.15) is 5.82 Å². The van der Waals surface area contributed by atoms with Crippen LogP contribution in [0.3, 0.4) is 0 Å². The normalized spacial score (nSPS) is 11.2. The number of benzene rings is 2. The van der Waals surface area contributed by atoms with Gasteiger partial charge in [-0.25, -0.2) is 9.18 Å². The highest BCUT2D eigenvalue weighted by Crippen LogP contribution is 2.11. The van der Waals surface area contributed by atoms with E-state index in [1.165, 1.54) is 25.1 Å². The molecule has 5 nitrogen and oxygen atoms in total. The molecule has 1 amide bonds. The third-order valence-corrected chi connectivity index (χ3v) is 2.99. The minimum atomic E-state index is -1.05. The zero-order valence-electron chi connectivity index (χ0n) is 12.2. The minimum absolute atomic E-state index is 0.0306. The first-order valence-electron chi connectivity index (χ1n) is 6.77. The highest BCUT2D eigenvalue weighted by atomic mass is 19.1. The van der Waals surface area contributed by atoms with Gasteiger partial charge in [-0.15, -0.1) is 0 Å². The fourth-order valence-corrected chi connectivity index (χ4v) is 1.77. The molecule has 0 saturated carbocycles. The second kappa shape index (κ2) is 7.18. The molecule has 2 rings (SSSR count). The van der Waals surface area contributed by atoms with Crippen LogP contribution in [0.1, 0.15) is 22.8 Å². The Bertz CT molecular complexity index is 766. The van der Waals surface area contributed by atoms with Crippen molar-refractivity contribution in [2.75, 3.05) is 5.32 Å². The molecule has 0 saturated heterocycles. The van der Waals surface area contributed by atoms with Gasteiger partial charge in [0.2, 0.25) is 0 Å². The Balaban J connectivity index is 1.96. The Hall–Kier alpha value is -3.20. The third-order valence-electron chi connectivity index (χ3n) is 2.99. The molecular weight excluding hydrogens is 299 g/mol. The first-order valence-corrected chi connectivity index (χ1v) is 6.77. The number of amides is 1. The van der Waals surface area contributed by atoms with Crippen LogP contribution in [-0.4, -0.2) is 18.0 Å². The van der Waals surface area contributed by atoms with Crippen LogP contribution in [0, 0.1) is 17.1 Å². The molecule has 1 N–H and O–H groups in total. The summed E-state index contributed by atoms with van der Waals surface area (Å²) in [6, 6.07) is 13.2. The summed E-state index contributed by atoms with van der Waals surface area (Å²) in [6.45, 7) is 1.41. The summed E-state index contributed by atoms with van der Waals surface area (Å²) >= 11 is 0. The number of halogens is 1. The van der Waals surface area contributed by atoms with Crippen molar-refractivity contribution < 1.29 is 18.7 Å². The van der Waals surface area contributed by atoms with Crippen molar-refractivity contribution in [2.24, 2.45) is 0 Å². The van der Waals surface area contributed by atoms with Gasteiger partial charge in [-0.2, -0.15) is 5.26 Å². The van der Waals surface area contributed by atoms with Crippen LogP contribution < -0.4 is 5.32 Å². The van der Waals surface area contributed by atoms with Crippen molar-refractivity contribution in [2.45, 2.75) is 13.0 Å². The molecule has 116 valence electrons. The molecule has 0 radical (unpaired) electrons. The Labute approximate surface area is 132 Å². The molecule has 2 aromatic rings. The van der Waals surface area contributed by atoms with E-state index < -0.39 is 23.8 Å². The molecule has 6 heteroatoms. The summed E-state index contributed by atoms with van der Waals surface area (Å²) in [4.78, 5) is 23.8. The van der Waals surface area contributed by atoms with Gasteiger partial charge in [-0.3, -0.25) is 4.79 Å². The minimum Gasteiger partial charge on any atom is -0.449 e. The molecular formula is C17H13FN2O3. The summed E-state index contributed by atoms with van der Waals surface area (Å²) in [5, 5.41) is 11.3. The first kappa shape index (κ1) is 16.2. The maximum absolute atomic E-state index is 13.1. The Morgan fingerprint density at radius 1 is 1.22 bits per heavy atom. The number of nitrogens with zero attached hydrogens (tertiary/aromatic N) is 1. The molecule has 0 aliphatic carbocycles. The number of rotatable bonds is 4. The highest BCUT2D eigenvalue weighted by molar-refractivity contribution is 5.97. The Morgan fingerprint density at radius 3 is 2.52 bits per heavy atom. The van der Waals surface area contributed by atoms with Crippen molar-refractivity contribution in [3.63, 3.8) is 0 Å². The van der Waals surface area contributed by atoms with E-state index in [9.17, 15) is 14.0 Å². The summed E-state index contributed by atoms with van der Waals surface area (Å²) in [6.07, 6.45) is -1.05. The summed E-state index contributed by atoms with van der Waals surface area (Å²) in [7, 11) is 0. The zero-order chi connectivity index (χ0) is 16.8. The molecule has 0 bridgehead atoms. The van der Waals surface area contributed by atoms with Gasteiger partial charge in [-0.1, -0.05) is 6.07 Å². The number of carbonyl (C=O) groups is 2. The number of carbonyl (C=O) groups excluding carboxylic acids is 2. The fourth-order valence-electron chi connectivity index (χ4n) is 1.77. The van der Waals surface area contributed by atoms with Gasteiger partial charge in [0, 0.05) is 5.69 Å². The lowest BCUT2D eigenvalue weighted by Gasteiger charge is -2.13.